The predicted octanol–water partition coefficient (Wildman–Crippen LogP) is 4.21. The molecular weight excluding hydrogens is 363 g/mol. The quantitative estimate of drug-likeness (QED) is 0.754. The second-order valence-corrected chi connectivity index (χ2v) is 5.95. The lowest BCUT2D eigenvalue weighted by molar-refractivity contribution is -0.153. The molecule has 0 saturated heterocycles. The Balaban J connectivity index is 1.97. The monoisotopic (exact) mass is 381 g/mol. The number of aryl methyl sites for hydroxylation is 2. The van der Waals surface area contributed by atoms with Crippen LogP contribution in [0.5, 0.6) is 5.75 Å². The Bertz CT molecular complexity index is 817. The van der Waals surface area contributed by atoms with E-state index >= 15 is 0 Å². The molecule has 2 aromatic carbocycles. The standard InChI is InChI=1S/C19H18F3NO4/c1-12-2-8-15(16(10-12)27-11-19(20,21)22)23-17(24)9-5-13-3-6-14(7-4-13)18(25)26/h2-4,6-8,10H,5,9,11H2,1H3,(H,23,24)(H,25,26). The van der Waals surface area contributed by atoms with Crippen LogP contribution in [0.3, 0.4) is 0 Å². The predicted molar refractivity (Wildman–Crippen MR) is 93.1 cm³/mol. The third-order valence-electron chi connectivity index (χ3n) is 3.64. The van der Waals surface area contributed by atoms with E-state index in [0.29, 0.717) is 12.0 Å². The van der Waals surface area contributed by atoms with Crippen molar-refractivity contribution in [3.05, 3.63) is 59.2 Å². The summed E-state index contributed by atoms with van der Waals surface area (Å²) in [6.45, 7) is 0.252. The summed E-state index contributed by atoms with van der Waals surface area (Å²) in [6.07, 6.45) is -4.04. The molecule has 1 amide bonds. The number of carboxylic acids is 1. The number of halogens is 3. The van der Waals surface area contributed by atoms with Crippen molar-refractivity contribution in [2.75, 3.05) is 11.9 Å². The minimum Gasteiger partial charge on any atom is -0.482 e. The molecule has 27 heavy (non-hydrogen) atoms. The number of carboxylic acid groups (broad SMARTS) is 1. The number of nitrogens with one attached hydrogen (secondary N) is 1. The fourth-order valence-corrected chi connectivity index (χ4v) is 2.30. The first-order chi connectivity index (χ1) is 12.6. The highest BCUT2D eigenvalue weighted by Gasteiger charge is 2.29. The zero-order valence-corrected chi connectivity index (χ0v) is 14.5. The molecule has 0 aliphatic carbocycles. The van der Waals surface area contributed by atoms with Gasteiger partial charge in [0.2, 0.25) is 5.91 Å². The van der Waals surface area contributed by atoms with Crippen LogP contribution >= 0.6 is 0 Å². The maximum atomic E-state index is 12.4. The zero-order chi connectivity index (χ0) is 20.0. The molecule has 0 radical (unpaired) electrons. The van der Waals surface area contributed by atoms with Crippen molar-refractivity contribution >= 4 is 17.6 Å². The van der Waals surface area contributed by atoms with Gasteiger partial charge in [0.05, 0.1) is 11.3 Å². The lowest BCUT2D eigenvalue weighted by atomic mass is 10.1. The molecule has 2 N–H and O–H groups in total. The largest absolute Gasteiger partial charge is 0.482 e. The molecule has 2 aromatic rings. The molecule has 0 aliphatic heterocycles. The van der Waals surface area contributed by atoms with Gasteiger partial charge in [0.15, 0.2) is 6.61 Å². The van der Waals surface area contributed by atoms with Crippen LogP contribution in [0.4, 0.5) is 18.9 Å². The van der Waals surface area contributed by atoms with Gasteiger partial charge in [0.25, 0.3) is 0 Å². The van der Waals surface area contributed by atoms with Crippen LogP contribution in [0.25, 0.3) is 0 Å². The maximum Gasteiger partial charge on any atom is 0.422 e. The Morgan fingerprint density at radius 2 is 1.78 bits per heavy atom. The number of benzene rings is 2. The second kappa shape index (κ2) is 8.57. The van der Waals surface area contributed by atoms with Crippen LogP contribution < -0.4 is 10.1 Å². The molecule has 0 fully saturated rings. The Hall–Kier alpha value is -3.03. The molecule has 5 nitrogen and oxygen atoms in total. The number of hydrogen-bond donors (Lipinski definition) is 2. The van der Waals surface area contributed by atoms with Crippen molar-refractivity contribution in [3.63, 3.8) is 0 Å². The minimum atomic E-state index is -4.48. The summed E-state index contributed by atoms with van der Waals surface area (Å²) in [5.41, 5.74) is 1.78. The summed E-state index contributed by atoms with van der Waals surface area (Å²) >= 11 is 0. The summed E-state index contributed by atoms with van der Waals surface area (Å²) in [6, 6.07) is 10.7. The van der Waals surface area contributed by atoms with Gasteiger partial charge in [0.1, 0.15) is 5.75 Å². The van der Waals surface area contributed by atoms with Crippen LogP contribution in [0, 0.1) is 6.92 Å². The highest BCUT2D eigenvalue weighted by molar-refractivity contribution is 5.92. The van der Waals surface area contributed by atoms with E-state index in [1.807, 2.05) is 0 Å². The molecule has 2 rings (SSSR count). The number of ether oxygens (including phenoxy) is 1. The molecule has 0 atom stereocenters. The van der Waals surface area contributed by atoms with Gasteiger partial charge in [-0.2, -0.15) is 13.2 Å². The maximum absolute atomic E-state index is 12.4. The first-order valence-corrected chi connectivity index (χ1v) is 8.06. The third kappa shape index (κ3) is 6.65. The average molecular weight is 381 g/mol. The van der Waals surface area contributed by atoms with E-state index < -0.39 is 24.7 Å². The van der Waals surface area contributed by atoms with Crippen molar-refractivity contribution in [3.8, 4) is 5.75 Å². The van der Waals surface area contributed by atoms with Crippen LogP contribution in [-0.2, 0) is 11.2 Å². The van der Waals surface area contributed by atoms with Gasteiger partial charge < -0.3 is 15.2 Å². The normalized spacial score (nSPS) is 11.1. The van der Waals surface area contributed by atoms with Gasteiger partial charge in [-0.05, 0) is 48.7 Å². The number of amides is 1. The first kappa shape index (κ1) is 20.3. The molecule has 0 heterocycles. The van der Waals surface area contributed by atoms with E-state index in [-0.39, 0.29) is 23.4 Å². The van der Waals surface area contributed by atoms with E-state index in [1.165, 1.54) is 24.3 Å². The van der Waals surface area contributed by atoms with E-state index in [9.17, 15) is 22.8 Å². The molecule has 0 spiro atoms. The van der Waals surface area contributed by atoms with Crippen LogP contribution in [0.2, 0.25) is 0 Å². The molecule has 0 aliphatic rings. The number of carbonyl (C=O) groups is 2. The molecule has 0 bridgehead atoms. The average Bonchev–Trinajstić information content (AvgIpc) is 2.60. The highest BCUT2D eigenvalue weighted by atomic mass is 19.4. The molecule has 144 valence electrons. The third-order valence-corrected chi connectivity index (χ3v) is 3.64. The molecule has 0 unspecified atom stereocenters. The van der Waals surface area contributed by atoms with Crippen molar-refractivity contribution in [1.82, 2.24) is 0 Å². The topological polar surface area (TPSA) is 75.6 Å². The van der Waals surface area contributed by atoms with Gasteiger partial charge in [-0.1, -0.05) is 18.2 Å². The van der Waals surface area contributed by atoms with Gasteiger partial charge in [-0.15, -0.1) is 0 Å². The number of hydrogen-bond acceptors (Lipinski definition) is 3. The zero-order valence-electron chi connectivity index (χ0n) is 14.5. The van der Waals surface area contributed by atoms with E-state index in [4.69, 9.17) is 9.84 Å². The number of anilines is 1. The molecular formula is C19H18F3NO4. The highest BCUT2D eigenvalue weighted by Crippen LogP contribution is 2.28. The van der Waals surface area contributed by atoms with Crippen LogP contribution in [0.1, 0.15) is 27.9 Å². The van der Waals surface area contributed by atoms with Crippen molar-refractivity contribution in [2.45, 2.75) is 25.9 Å². The van der Waals surface area contributed by atoms with Crippen molar-refractivity contribution < 1.29 is 32.6 Å². The summed E-state index contributed by atoms with van der Waals surface area (Å²) in [5.74, 6) is -1.48. The van der Waals surface area contributed by atoms with Gasteiger partial charge in [-0.3, -0.25) is 4.79 Å². The lowest BCUT2D eigenvalue weighted by Crippen LogP contribution is -2.20. The number of carbonyl (C=O) groups excluding carboxylic acids is 1. The SMILES string of the molecule is Cc1ccc(NC(=O)CCc2ccc(C(=O)O)cc2)c(OCC(F)(F)F)c1. The van der Waals surface area contributed by atoms with Gasteiger partial charge in [0, 0.05) is 6.42 Å². The van der Waals surface area contributed by atoms with Gasteiger partial charge in [-0.25, -0.2) is 4.79 Å². The Kier molecular flexibility index (Phi) is 6.44. The van der Waals surface area contributed by atoms with Crippen LogP contribution in [0.15, 0.2) is 42.5 Å². The summed E-state index contributed by atoms with van der Waals surface area (Å²) in [4.78, 5) is 22.9. The van der Waals surface area contributed by atoms with Crippen LogP contribution in [-0.4, -0.2) is 29.8 Å². The fourth-order valence-electron chi connectivity index (χ4n) is 2.30. The summed E-state index contributed by atoms with van der Waals surface area (Å²) < 4.78 is 41.9. The Morgan fingerprint density at radius 3 is 2.37 bits per heavy atom. The minimum absolute atomic E-state index is 0.0495. The van der Waals surface area contributed by atoms with E-state index in [2.05, 4.69) is 5.32 Å². The fraction of sp³-hybridized carbons (Fsp3) is 0.263. The molecule has 0 saturated carbocycles. The molecule has 8 heteroatoms. The van der Waals surface area contributed by atoms with E-state index in [1.54, 1.807) is 25.1 Å². The summed E-state index contributed by atoms with van der Waals surface area (Å²) in [5, 5.41) is 11.4. The van der Waals surface area contributed by atoms with Crippen molar-refractivity contribution in [2.24, 2.45) is 0 Å². The number of rotatable bonds is 7. The Morgan fingerprint density at radius 1 is 1.11 bits per heavy atom. The number of aromatic carboxylic acids is 1. The first-order valence-electron chi connectivity index (χ1n) is 8.06. The van der Waals surface area contributed by atoms with Crippen molar-refractivity contribution in [1.29, 1.82) is 0 Å². The second-order valence-electron chi connectivity index (χ2n) is 5.95. The van der Waals surface area contributed by atoms with E-state index in [0.717, 1.165) is 5.56 Å². The number of alkyl halides is 3. The van der Waals surface area contributed by atoms with Gasteiger partial charge >= 0.3 is 12.1 Å². The molecule has 0 aromatic heterocycles. The lowest BCUT2D eigenvalue weighted by Gasteiger charge is -2.14. The summed E-state index contributed by atoms with van der Waals surface area (Å²) in [7, 11) is 0. The Labute approximate surface area is 153 Å². The smallest absolute Gasteiger partial charge is 0.422 e.